The quantitative estimate of drug-likeness (QED) is 0.737. The first-order valence-corrected chi connectivity index (χ1v) is 6.67. The first kappa shape index (κ1) is 14.0. The third kappa shape index (κ3) is 2.98. The fourth-order valence-corrected chi connectivity index (χ4v) is 4.17. The Labute approximate surface area is 102 Å². The molecule has 2 atom stereocenters. The summed E-state index contributed by atoms with van der Waals surface area (Å²) in [5, 5.41) is 2.46. The summed E-state index contributed by atoms with van der Waals surface area (Å²) in [5.74, 6) is 1.63. The van der Waals surface area contributed by atoms with E-state index in [2.05, 4.69) is 59.0 Å². The monoisotopic (exact) mass is 226 g/mol. The average Bonchev–Trinajstić information content (AvgIpc) is 1.97. The minimum Gasteiger partial charge on any atom is -0.257 e. The second-order valence-electron chi connectivity index (χ2n) is 7.04. The lowest BCUT2D eigenvalue weighted by molar-refractivity contribution is -0.0603. The fraction of sp³-hybridized carbons (Fsp3) is 1.00. The van der Waals surface area contributed by atoms with Crippen molar-refractivity contribution in [2.45, 2.75) is 71.9 Å². The normalized spacial score (nSPS) is 35.4. The predicted molar refractivity (Wildman–Crippen MR) is 71.2 cm³/mol. The Kier molecular flexibility index (Phi) is 4.07. The van der Waals surface area contributed by atoms with Crippen molar-refractivity contribution < 1.29 is 0 Å². The van der Waals surface area contributed by atoms with Crippen LogP contribution in [0.2, 0.25) is 0 Å². The van der Waals surface area contributed by atoms with Crippen molar-refractivity contribution in [1.82, 2.24) is 10.4 Å². The van der Waals surface area contributed by atoms with E-state index in [4.69, 9.17) is 0 Å². The molecule has 1 fully saturated rings. The molecular weight excluding hydrogens is 196 g/mol. The first-order valence-electron chi connectivity index (χ1n) is 6.67. The van der Waals surface area contributed by atoms with E-state index < -0.39 is 0 Å². The molecule has 1 heterocycles. The maximum Gasteiger partial charge on any atom is 0.0306 e. The summed E-state index contributed by atoms with van der Waals surface area (Å²) in [6, 6.07) is 0. The van der Waals surface area contributed by atoms with E-state index in [1.807, 2.05) is 0 Å². The highest BCUT2D eigenvalue weighted by Crippen LogP contribution is 2.38. The first-order chi connectivity index (χ1) is 7.19. The Morgan fingerprint density at radius 1 is 0.938 bits per heavy atom. The van der Waals surface area contributed by atoms with Crippen LogP contribution in [0.25, 0.3) is 0 Å². The lowest BCUT2D eigenvalue weighted by Gasteiger charge is -2.51. The summed E-state index contributed by atoms with van der Waals surface area (Å²) < 4.78 is 0. The molecule has 0 radical (unpaired) electrons. The molecule has 16 heavy (non-hydrogen) atoms. The highest BCUT2D eigenvalue weighted by molar-refractivity contribution is 4.94. The Balaban J connectivity index is 2.97. The van der Waals surface area contributed by atoms with Crippen LogP contribution in [-0.2, 0) is 0 Å². The minimum absolute atomic E-state index is 0.234. The van der Waals surface area contributed by atoms with Gasteiger partial charge in [0.25, 0.3) is 0 Å². The number of nitrogens with one attached hydrogen (secondary N) is 1. The third-order valence-corrected chi connectivity index (χ3v) is 3.93. The molecule has 1 rings (SSSR count). The molecule has 2 unspecified atom stereocenters. The number of nitrogens with zero attached hydrogens (tertiary/aromatic N) is 1. The van der Waals surface area contributed by atoms with Crippen LogP contribution in [-0.4, -0.2) is 23.1 Å². The molecular formula is C14H30N2. The largest absolute Gasteiger partial charge is 0.257 e. The van der Waals surface area contributed by atoms with Crippen LogP contribution in [0.1, 0.15) is 60.8 Å². The van der Waals surface area contributed by atoms with Crippen molar-refractivity contribution in [2.24, 2.45) is 11.8 Å². The van der Waals surface area contributed by atoms with Gasteiger partial charge >= 0.3 is 0 Å². The van der Waals surface area contributed by atoms with Gasteiger partial charge in [0, 0.05) is 11.1 Å². The second kappa shape index (κ2) is 4.66. The van der Waals surface area contributed by atoms with Gasteiger partial charge in [-0.25, -0.2) is 5.01 Å². The Morgan fingerprint density at radius 2 is 1.31 bits per heavy atom. The summed E-state index contributed by atoms with van der Waals surface area (Å²) >= 11 is 0. The van der Waals surface area contributed by atoms with Crippen molar-refractivity contribution in [1.29, 1.82) is 0 Å². The standard InChI is InChI=1S/C14H30N2/c1-11-8-12(2)10-14(5,6)16(15-7)13(3,4)9-11/h11-12,15H,8-10H2,1-7H3. The van der Waals surface area contributed by atoms with Crippen LogP contribution >= 0.6 is 0 Å². The number of hydrazine groups is 1. The van der Waals surface area contributed by atoms with Crippen LogP contribution in [0.15, 0.2) is 0 Å². The molecule has 0 bridgehead atoms. The molecule has 1 aliphatic rings. The molecule has 0 saturated carbocycles. The van der Waals surface area contributed by atoms with Gasteiger partial charge in [0.05, 0.1) is 0 Å². The zero-order chi connectivity index (χ0) is 12.6. The number of rotatable bonds is 1. The van der Waals surface area contributed by atoms with Crippen LogP contribution in [0.3, 0.4) is 0 Å². The van der Waals surface area contributed by atoms with Gasteiger partial charge in [0.1, 0.15) is 0 Å². The number of hydrogen-bond acceptors (Lipinski definition) is 2. The van der Waals surface area contributed by atoms with Gasteiger partial charge in [-0.1, -0.05) is 13.8 Å². The maximum absolute atomic E-state index is 3.43. The summed E-state index contributed by atoms with van der Waals surface area (Å²) in [5.41, 5.74) is 3.89. The SMILES string of the molecule is CNN1C(C)(C)CC(C)CC(C)CC1(C)C. The van der Waals surface area contributed by atoms with E-state index in [9.17, 15) is 0 Å². The minimum atomic E-state index is 0.234. The van der Waals surface area contributed by atoms with Gasteiger partial charge in [0.2, 0.25) is 0 Å². The molecule has 0 aromatic heterocycles. The van der Waals surface area contributed by atoms with Gasteiger partial charge in [-0.3, -0.25) is 5.43 Å². The molecule has 0 amide bonds. The van der Waals surface area contributed by atoms with E-state index in [-0.39, 0.29) is 11.1 Å². The molecule has 1 N–H and O–H groups in total. The van der Waals surface area contributed by atoms with Crippen LogP contribution < -0.4 is 5.43 Å². The molecule has 1 aliphatic heterocycles. The van der Waals surface area contributed by atoms with Crippen molar-refractivity contribution in [2.75, 3.05) is 7.05 Å². The van der Waals surface area contributed by atoms with Crippen molar-refractivity contribution >= 4 is 0 Å². The molecule has 0 spiro atoms. The van der Waals surface area contributed by atoms with Crippen LogP contribution in [0, 0.1) is 11.8 Å². The third-order valence-electron chi connectivity index (χ3n) is 3.93. The van der Waals surface area contributed by atoms with E-state index in [1.54, 1.807) is 0 Å². The lowest BCUT2D eigenvalue weighted by atomic mass is 9.76. The van der Waals surface area contributed by atoms with Gasteiger partial charge in [-0.05, 0) is 65.8 Å². The second-order valence-corrected chi connectivity index (χ2v) is 7.04. The van der Waals surface area contributed by atoms with Crippen molar-refractivity contribution in [3.63, 3.8) is 0 Å². The number of hydrogen-bond donors (Lipinski definition) is 1. The predicted octanol–water partition coefficient (Wildman–Crippen LogP) is 3.44. The fourth-order valence-electron chi connectivity index (χ4n) is 4.17. The molecule has 2 nitrogen and oxygen atoms in total. The van der Waals surface area contributed by atoms with Gasteiger partial charge in [0.15, 0.2) is 0 Å². The van der Waals surface area contributed by atoms with Crippen molar-refractivity contribution in [3.8, 4) is 0 Å². The summed E-state index contributed by atoms with van der Waals surface area (Å²) in [6.07, 6.45) is 3.90. The van der Waals surface area contributed by atoms with Gasteiger partial charge < -0.3 is 0 Å². The van der Waals surface area contributed by atoms with E-state index >= 15 is 0 Å². The van der Waals surface area contributed by atoms with E-state index in [0.717, 1.165) is 11.8 Å². The zero-order valence-corrected chi connectivity index (χ0v) is 12.2. The smallest absolute Gasteiger partial charge is 0.0306 e. The highest BCUT2D eigenvalue weighted by Gasteiger charge is 2.40. The zero-order valence-electron chi connectivity index (χ0n) is 12.2. The molecule has 1 saturated heterocycles. The highest BCUT2D eigenvalue weighted by atomic mass is 15.6. The molecule has 2 heteroatoms. The van der Waals surface area contributed by atoms with E-state index in [1.165, 1.54) is 19.3 Å². The lowest BCUT2D eigenvalue weighted by Crippen LogP contribution is -2.62. The average molecular weight is 226 g/mol. The van der Waals surface area contributed by atoms with Gasteiger partial charge in [-0.2, -0.15) is 0 Å². The summed E-state index contributed by atoms with van der Waals surface area (Å²) in [6.45, 7) is 14.2. The van der Waals surface area contributed by atoms with Crippen LogP contribution in [0.4, 0.5) is 0 Å². The Bertz CT molecular complexity index is 211. The summed E-state index contributed by atoms with van der Waals surface area (Å²) in [7, 11) is 2.06. The van der Waals surface area contributed by atoms with Crippen LogP contribution in [0.5, 0.6) is 0 Å². The summed E-state index contributed by atoms with van der Waals surface area (Å²) in [4.78, 5) is 0. The Hall–Kier alpha value is -0.0800. The molecule has 0 aromatic carbocycles. The molecule has 0 aromatic rings. The van der Waals surface area contributed by atoms with E-state index in [0.29, 0.717) is 0 Å². The molecule has 96 valence electrons. The Morgan fingerprint density at radius 3 is 1.62 bits per heavy atom. The topological polar surface area (TPSA) is 15.3 Å². The molecule has 0 aliphatic carbocycles. The van der Waals surface area contributed by atoms with Crippen molar-refractivity contribution in [3.05, 3.63) is 0 Å². The maximum atomic E-state index is 3.43. The van der Waals surface area contributed by atoms with Gasteiger partial charge in [-0.15, -0.1) is 0 Å².